The molecule has 4 rings (SSSR count). The average molecular weight is 404 g/mol. The lowest BCUT2D eigenvalue weighted by molar-refractivity contribution is -0.154. The monoisotopic (exact) mass is 404 g/mol. The molecule has 2 aromatic carbocycles. The van der Waals surface area contributed by atoms with Crippen molar-refractivity contribution >= 4 is 28.7 Å². The van der Waals surface area contributed by atoms with E-state index >= 15 is 0 Å². The van der Waals surface area contributed by atoms with Gasteiger partial charge in [0.05, 0.1) is 12.7 Å². The lowest BCUT2D eigenvalue weighted by Gasteiger charge is -2.17. The number of anilines is 1. The van der Waals surface area contributed by atoms with Gasteiger partial charge in [0.25, 0.3) is 5.91 Å². The normalized spacial score (nSPS) is 11.9. The van der Waals surface area contributed by atoms with Crippen LogP contribution < -0.4 is 5.32 Å². The van der Waals surface area contributed by atoms with Crippen molar-refractivity contribution in [1.82, 2.24) is 5.16 Å². The zero-order chi connectivity index (χ0) is 21.1. The molecule has 4 aromatic rings. The number of esters is 1. The number of carbonyl (C=O) groups excluding carboxylic acids is 2. The highest BCUT2D eigenvalue weighted by molar-refractivity contribution is 5.95. The van der Waals surface area contributed by atoms with Crippen LogP contribution in [0.5, 0.6) is 0 Å². The minimum atomic E-state index is -1.13. The largest absolute Gasteiger partial charge is 0.464 e. The fourth-order valence-electron chi connectivity index (χ4n) is 3.17. The molecular weight excluding hydrogens is 384 g/mol. The van der Waals surface area contributed by atoms with Gasteiger partial charge in [0.1, 0.15) is 11.3 Å². The first-order valence-corrected chi connectivity index (χ1v) is 9.45. The molecule has 1 N–H and O–H groups in total. The van der Waals surface area contributed by atoms with Crippen molar-refractivity contribution in [2.75, 3.05) is 5.32 Å². The van der Waals surface area contributed by atoms with Gasteiger partial charge in [-0.3, -0.25) is 9.59 Å². The number of nitrogens with zero attached hydrogens (tertiary/aromatic N) is 1. The van der Waals surface area contributed by atoms with Gasteiger partial charge in [0.15, 0.2) is 5.82 Å². The second-order valence-corrected chi connectivity index (χ2v) is 7.03. The van der Waals surface area contributed by atoms with Crippen LogP contribution >= 0.6 is 0 Å². The molecule has 0 aliphatic carbocycles. The fraction of sp³-hybridized carbons (Fsp3) is 0.174. The van der Waals surface area contributed by atoms with Gasteiger partial charge < -0.3 is 19.0 Å². The molecule has 0 aliphatic rings. The molecule has 0 saturated carbocycles. The molecule has 2 aromatic heterocycles. The Hall–Kier alpha value is -3.87. The molecule has 2 heterocycles. The molecule has 0 aliphatic heterocycles. The van der Waals surface area contributed by atoms with E-state index < -0.39 is 18.0 Å². The quantitative estimate of drug-likeness (QED) is 0.475. The van der Waals surface area contributed by atoms with E-state index in [1.54, 1.807) is 43.5 Å². The van der Waals surface area contributed by atoms with Crippen LogP contribution in [0, 0.1) is 13.8 Å². The predicted molar refractivity (Wildman–Crippen MR) is 110 cm³/mol. The zero-order valence-electron chi connectivity index (χ0n) is 16.5. The summed E-state index contributed by atoms with van der Waals surface area (Å²) < 4.78 is 16.1. The molecule has 7 nitrogen and oxygen atoms in total. The van der Waals surface area contributed by atoms with Crippen molar-refractivity contribution in [1.29, 1.82) is 0 Å². The average Bonchev–Trinajstić information content (AvgIpc) is 3.32. The maximum absolute atomic E-state index is 12.8. The Bertz CT molecular complexity index is 1190. The van der Waals surface area contributed by atoms with Crippen molar-refractivity contribution in [2.45, 2.75) is 26.4 Å². The summed E-state index contributed by atoms with van der Waals surface area (Å²) in [6.07, 6.45) is 0.396. The van der Waals surface area contributed by atoms with Gasteiger partial charge in [-0.15, -0.1) is 0 Å². The third kappa shape index (κ3) is 4.25. The predicted octanol–water partition coefficient (Wildman–Crippen LogP) is 4.50. The second kappa shape index (κ2) is 8.24. The Labute approximate surface area is 172 Å². The van der Waals surface area contributed by atoms with Crippen molar-refractivity contribution < 1.29 is 23.3 Å². The summed E-state index contributed by atoms with van der Waals surface area (Å²) in [6.45, 7) is 3.68. The van der Waals surface area contributed by atoms with Crippen LogP contribution in [0.15, 0.2) is 69.8 Å². The molecular formula is C23H20N2O5. The minimum Gasteiger partial charge on any atom is -0.464 e. The fourth-order valence-corrected chi connectivity index (χ4v) is 3.17. The van der Waals surface area contributed by atoms with Crippen molar-refractivity contribution in [3.63, 3.8) is 0 Å². The van der Waals surface area contributed by atoms with Crippen molar-refractivity contribution in [3.05, 3.63) is 83.3 Å². The Morgan fingerprint density at radius 1 is 1.10 bits per heavy atom. The van der Waals surface area contributed by atoms with E-state index in [9.17, 15) is 9.59 Å². The molecule has 0 radical (unpaired) electrons. The third-order valence-electron chi connectivity index (χ3n) is 4.61. The van der Waals surface area contributed by atoms with Crippen LogP contribution in [0.4, 0.5) is 5.82 Å². The second-order valence-electron chi connectivity index (χ2n) is 7.03. The molecule has 0 saturated heterocycles. The third-order valence-corrected chi connectivity index (χ3v) is 4.61. The smallest absolute Gasteiger partial charge is 0.311 e. The highest BCUT2D eigenvalue weighted by Gasteiger charge is 2.26. The van der Waals surface area contributed by atoms with Crippen molar-refractivity contribution in [3.8, 4) is 0 Å². The van der Waals surface area contributed by atoms with E-state index in [1.807, 2.05) is 31.2 Å². The maximum atomic E-state index is 12.8. The van der Waals surface area contributed by atoms with E-state index in [0.29, 0.717) is 22.5 Å². The number of hydrogen-bond donors (Lipinski definition) is 1. The lowest BCUT2D eigenvalue weighted by Crippen LogP contribution is -2.26. The van der Waals surface area contributed by atoms with E-state index in [-0.39, 0.29) is 12.2 Å². The highest BCUT2D eigenvalue weighted by atomic mass is 16.5. The van der Waals surface area contributed by atoms with Crippen LogP contribution in [0.2, 0.25) is 0 Å². The first-order valence-electron chi connectivity index (χ1n) is 9.45. The minimum absolute atomic E-state index is 0.0181. The molecule has 1 atom stereocenters. The van der Waals surface area contributed by atoms with Gasteiger partial charge >= 0.3 is 5.97 Å². The number of benzene rings is 2. The summed E-state index contributed by atoms with van der Waals surface area (Å²) in [5.74, 6) is -0.250. The standard InChI is InChI=1S/C23H20N2O5/c1-14-8-9-18-17(13-28-19(18)10-14)12-21(26)29-22(16-6-4-3-5-7-16)23(27)24-20-11-15(2)30-25-20/h3-11,13,22H,12H2,1-2H3,(H,24,25,27). The maximum Gasteiger partial charge on any atom is 0.311 e. The summed E-state index contributed by atoms with van der Waals surface area (Å²) in [7, 11) is 0. The zero-order valence-corrected chi connectivity index (χ0v) is 16.5. The first-order chi connectivity index (χ1) is 14.5. The number of carbonyl (C=O) groups is 2. The van der Waals surface area contributed by atoms with Gasteiger partial charge in [-0.2, -0.15) is 0 Å². The van der Waals surface area contributed by atoms with Crippen LogP contribution in [-0.4, -0.2) is 17.0 Å². The Morgan fingerprint density at radius 3 is 2.63 bits per heavy atom. The lowest BCUT2D eigenvalue weighted by atomic mass is 10.1. The van der Waals surface area contributed by atoms with Gasteiger partial charge in [0.2, 0.25) is 6.10 Å². The van der Waals surface area contributed by atoms with E-state index in [2.05, 4.69) is 10.5 Å². The number of rotatable bonds is 6. The van der Waals surface area contributed by atoms with E-state index in [0.717, 1.165) is 10.9 Å². The Balaban J connectivity index is 1.53. The number of furan rings is 1. The molecule has 0 bridgehead atoms. The Morgan fingerprint density at radius 2 is 1.90 bits per heavy atom. The molecule has 1 amide bonds. The van der Waals surface area contributed by atoms with Crippen LogP contribution in [0.3, 0.4) is 0 Å². The highest BCUT2D eigenvalue weighted by Crippen LogP contribution is 2.25. The summed E-state index contributed by atoms with van der Waals surface area (Å²) >= 11 is 0. The number of ether oxygens (including phenoxy) is 1. The van der Waals surface area contributed by atoms with Gasteiger partial charge in [-0.05, 0) is 25.5 Å². The first kappa shape index (κ1) is 19.4. The number of hydrogen-bond acceptors (Lipinski definition) is 6. The van der Waals surface area contributed by atoms with Gasteiger partial charge in [-0.1, -0.05) is 47.6 Å². The van der Waals surface area contributed by atoms with E-state index in [1.165, 1.54) is 0 Å². The molecule has 1 unspecified atom stereocenters. The van der Waals surface area contributed by atoms with E-state index in [4.69, 9.17) is 13.7 Å². The SMILES string of the molecule is Cc1ccc2c(CC(=O)OC(C(=O)Nc3cc(C)on3)c3ccccc3)coc2c1. The summed E-state index contributed by atoms with van der Waals surface area (Å²) in [5, 5.41) is 7.22. The topological polar surface area (TPSA) is 94.6 Å². The molecule has 7 heteroatoms. The molecule has 152 valence electrons. The van der Waals surface area contributed by atoms with Crippen LogP contribution in [0.1, 0.15) is 28.6 Å². The number of aryl methyl sites for hydroxylation is 2. The molecule has 0 spiro atoms. The molecule has 30 heavy (non-hydrogen) atoms. The van der Waals surface area contributed by atoms with Crippen molar-refractivity contribution in [2.24, 2.45) is 0 Å². The number of fused-ring (bicyclic) bond motifs is 1. The number of aromatic nitrogens is 1. The summed E-state index contributed by atoms with van der Waals surface area (Å²) in [5.41, 5.74) is 3.03. The van der Waals surface area contributed by atoms with Gasteiger partial charge in [0, 0.05) is 22.6 Å². The Kier molecular flexibility index (Phi) is 5.34. The van der Waals surface area contributed by atoms with Crippen LogP contribution in [0.25, 0.3) is 11.0 Å². The van der Waals surface area contributed by atoms with Gasteiger partial charge in [-0.25, -0.2) is 0 Å². The summed E-state index contributed by atoms with van der Waals surface area (Å²) in [6, 6.07) is 16.2. The number of amides is 1. The number of nitrogens with one attached hydrogen (secondary N) is 1. The van der Waals surface area contributed by atoms with Crippen LogP contribution in [-0.2, 0) is 20.7 Å². The summed E-state index contributed by atoms with van der Waals surface area (Å²) in [4.78, 5) is 25.5. The molecule has 0 fully saturated rings.